The summed E-state index contributed by atoms with van der Waals surface area (Å²) in [5.74, 6) is 1.50. The number of hydrogen-bond donors (Lipinski definition) is 0. The molecule has 3 aliphatic rings. The van der Waals surface area contributed by atoms with Gasteiger partial charge in [-0.1, -0.05) is 0 Å². The summed E-state index contributed by atoms with van der Waals surface area (Å²) in [6, 6.07) is 2.02. The number of hydroxylamine groups is 2. The third kappa shape index (κ3) is 3.50. The first kappa shape index (κ1) is 16.1. The van der Waals surface area contributed by atoms with E-state index >= 15 is 0 Å². The molecule has 132 valence electrons. The summed E-state index contributed by atoms with van der Waals surface area (Å²) in [5.41, 5.74) is 1.21. The Kier molecular flexibility index (Phi) is 4.87. The average Bonchev–Trinajstić information content (AvgIpc) is 3.26. The molecule has 3 aliphatic heterocycles. The Labute approximate surface area is 142 Å². The highest BCUT2D eigenvalue weighted by Crippen LogP contribution is 2.36. The number of likely N-dealkylation sites (tertiary alicyclic amines) is 1. The van der Waals surface area contributed by atoms with Gasteiger partial charge in [0.1, 0.15) is 0 Å². The highest BCUT2D eigenvalue weighted by molar-refractivity contribution is 5.75. The number of carbonyl (C=O) groups is 1. The maximum atomic E-state index is 12.5. The molecule has 1 aromatic heterocycles. The molecule has 0 spiro atoms. The molecule has 3 saturated heterocycles. The first-order chi connectivity index (χ1) is 11.8. The van der Waals surface area contributed by atoms with Gasteiger partial charge in [0.15, 0.2) is 0 Å². The SMILES string of the molecule is O=C(C[C@@H]1COC[C@H]2CN(Cc3ccoc3)C[C@@H]12)N1CCCCO1. The van der Waals surface area contributed by atoms with Gasteiger partial charge in [0.05, 0.1) is 32.3 Å². The first-order valence-corrected chi connectivity index (χ1v) is 9.04. The van der Waals surface area contributed by atoms with Crippen molar-refractivity contribution in [2.75, 3.05) is 39.5 Å². The standard InChI is InChI=1S/C18H26N2O4/c21-18(20-4-1-2-5-24-20)7-15-12-23-13-16-9-19(10-17(15)16)8-14-3-6-22-11-14/h3,6,11,15-17H,1-2,4-5,7-10,12-13H2/t15-,16-,17+/m1/s1. The molecule has 0 unspecified atom stereocenters. The smallest absolute Gasteiger partial charge is 0.246 e. The lowest BCUT2D eigenvalue weighted by atomic mass is 9.81. The Hall–Kier alpha value is -1.37. The number of nitrogens with zero attached hydrogens (tertiary/aromatic N) is 2. The minimum Gasteiger partial charge on any atom is -0.472 e. The van der Waals surface area contributed by atoms with Crippen LogP contribution in [0.15, 0.2) is 23.0 Å². The first-order valence-electron chi connectivity index (χ1n) is 9.04. The van der Waals surface area contributed by atoms with Crippen LogP contribution in [-0.4, -0.2) is 55.3 Å². The molecule has 1 aromatic rings. The zero-order valence-electron chi connectivity index (χ0n) is 14.1. The fourth-order valence-electron chi connectivity index (χ4n) is 4.29. The minimum absolute atomic E-state index is 0.122. The van der Waals surface area contributed by atoms with Crippen molar-refractivity contribution in [1.29, 1.82) is 0 Å². The largest absolute Gasteiger partial charge is 0.472 e. The molecule has 4 rings (SSSR count). The van der Waals surface area contributed by atoms with Crippen molar-refractivity contribution in [1.82, 2.24) is 9.96 Å². The number of rotatable bonds is 4. The molecule has 0 aromatic carbocycles. The summed E-state index contributed by atoms with van der Waals surface area (Å²) in [5, 5.41) is 1.57. The van der Waals surface area contributed by atoms with Crippen molar-refractivity contribution < 1.29 is 18.8 Å². The van der Waals surface area contributed by atoms with E-state index in [0.717, 1.165) is 45.6 Å². The van der Waals surface area contributed by atoms with Crippen LogP contribution in [0.5, 0.6) is 0 Å². The van der Waals surface area contributed by atoms with Crippen LogP contribution in [0.4, 0.5) is 0 Å². The normalized spacial score (nSPS) is 31.2. The Bertz CT molecular complexity index is 541. The predicted molar refractivity (Wildman–Crippen MR) is 86.8 cm³/mol. The molecule has 0 aliphatic carbocycles. The Morgan fingerprint density at radius 1 is 1.25 bits per heavy atom. The van der Waals surface area contributed by atoms with E-state index in [1.165, 1.54) is 5.56 Å². The van der Waals surface area contributed by atoms with Crippen LogP contribution in [0.25, 0.3) is 0 Å². The maximum absolute atomic E-state index is 12.5. The molecule has 0 radical (unpaired) electrons. The molecule has 0 saturated carbocycles. The molecule has 0 bridgehead atoms. The lowest BCUT2D eigenvalue weighted by molar-refractivity contribution is -0.199. The summed E-state index contributed by atoms with van der Waals surface area (Å²) in [7, 11) is 0. The van der Waals surface area contributed by atoms with Crippen LogP contribution in [0.1, 0.15) is 24.8 Å². The zero-order valence-corrected chi connectivity index (χ0v) is 14.1. The molecule has 6 heteroatoms. The Balaban J connectivity index is 1.35. The van der Waals surface area contributed by atoms with Gasteiger partial charge in [-0.2, -0.15) is 0 Å². The number of carbonyl (C=O) groups excluding carboxylic acids is 1. The van der Waals surface area contributed by atoms with E-state index in [2.05, 4.69) is 4.90 Å². The highest BCUT2D eigenvalue weighted by atomic mass is 16.7. The van der Waals surface area contributed by atoms with Crippen molar-refractivity contribution in [3.8, 4) is 0 Å². The van der Waals surface area contributed by atoms with Gasteiger partial charge in [0.2, 0.25) is 5.91 Å². The van der Waals surface area contributed by atoms with E-state index < -0.39 is 0 Å². The second-order valence-electron chi connectivity index (χ2n) is 7.29. The third-order valence-corrected chi connectivity index (χ3v) is 5.54. The molecule has 6 nitrogen and oxygen atoms in total. The molecule has 3 fully saturated rings. The van der Waals surface area contributed by atoms with Gasteiger partial charge in [-0.15, -0.1) is 0 Å². The van der Waals surface area contributed by atoms with Gasteiger partial charge < -0.3 is 9.15 Å². The second-order valence-corrected chi connectivity index (χ2v) is 7.29. The van der Waals surface area contributed by atoms with Gasteiger partial charge in [-0.3, -0.25) is 14.5 Å². The monoisotopic (exact) mass is 334 g/mol. The predicted octanol–water partition coefficient (Wildman–Crippen LogP) is 1.92. The molecule has 3 atom stereocenters. The van der Waals surface area contributed by atoms with E-state index in [0.29, 0.717) is 37.4 Å². The molecule has 0 N–H and O–H groups in total. The summed E-state index contributed by atoms with van der Waals surface area (Å²) >= 11 is 0. The summed E-state index contributed by atoms with van der Waals surface area (Å²) in [6.07, 6.45) is 6.16. The topological polar surface area (TPSA) is 55.2 Å². The second kappa shape index (κ2) is 7.25. The van der Waals surface area contributed by atoms with Crippen LogP contribution in [0.2, 0.25) is 0 Å². The molecular weight excluding hydrogens is 308 g/mol. The summed E-state index contributed by atoms with van der Waals surface area (Å²) < 4.78 is 11.0. The van der Waals surface area contributed by atoms with Crippen LogP contribution in [-0.2, 0) is 20.9 Å². The zero-order chi connectivity index (χ0) is 16.4. The van der Waals surface area contributed by atoms with E-state index in [-0.39, 0.29) is 5.91 Å². The van der Waals surface area contributed by atoms with Gasteiger partial charge in [0.25, 0.3) is 0 Å². The van der Waals surface area contributed by atoms with Gasteiger partial charge in [0, 0.05) is 38.2 Å². The average molecular weight is 334 g/mol. The highest BCUT2D eigenvalue weighted by Gasteiger charge is 2.42. The van der Waals surface area contributed by atoms with Gasteiger partial charge in [-0.05, 0) is 36.7 Å². The van der Waals surface area contributed by atoms with Crippen LogP contribution < -0.4 is 0 Å². The number of amides is 1. The summed E-state index contributed by atoms with van der Waals surface area (Å²) in [6.45, 7) is 5.90. The fourth-order valence-corrected chi connectivity index (χ4v) is 4.29. The quantitative estimate of drug-likeness (QED) is 0.842. The number of ether oxygens (including phenoxy) is 1. The van der Waals surface area contributed by atoms with E-state index in [9.17, 15) is 4.79 Å². The maximum Gasteiger partial charge on any atom is 0.246 e. The third-order valence-electron chi connectivity index (χ3n) is 5.54. The number of furan rings is 1. The van der Waals surface area contributed by atoms with Crippen molar-refractivity contribution in [3.63, 3.8) is 0 Å². The molecule has 1 amide bonds. The summed E-state index contributed by atoms with van der Waals surface area (Å²) in [4.78, 5) is 20.5. The van der Waals surface area contributed by atoms with E-state index in [1.807, 2.05) is 12.3 Å². The lowest BCUT2D eigenvalue weighted by Gasteiger charge is -2.34. The molecular formula is C18H26N2O4. The van der Waals surface area contributed by atoms with Crippen molar-refractivity contribution >= 4 is 5.91 Å². The minimum atomic E-state index is 0.122. The van der Waals surface area contributed by atoms with Crippen LogP contribution >= 0.6 is 0 Å². The molecule has 24 heavy (non-hydrogen) atoms. The van der Waals surface area contributed by atoms with E-state index in [4.69, 9.17) is 14.0 Å². The Morgan fingerprint density at radius 3 is 3.00 bits per heavy atom. The Morgan fingerprint density at radius 2 is 2.21 bits per heavy atom. The fraction of sp³-hybridized carbons (Fsp3) is 0.722. The molecule has 4 heterocycles. The van der Waals surface area contributed by atoms with Crippen LogP contribution in [0, 0.1) is 17.8 Å². The van der Waals surface area contributed by atoms with Crippen molar-refractivity contribution in [2.45, 2.75) is 25.8 Å². The van der Waals surface area contributed by atoms with Crippen LogP contribution in [0.3, 0.4) is 0 Å². The van der Waals surface area contributed by atoms with Crippen molar-refractivity contribution in [2.24, 2.45) is 17.8 Å². The number of fused-ring (bicyclic) bond motifs is 1. The van der Waals surface area contributed by atoms with E-state index in [1.54, 1.807) is 11.3 Å². The van der Waals surface area contributed by atoms with Gasteiger partial charge in [-0.25, -0.2) is 5.06 Å². The number of hydrogen-bond acceptors (Lipinski definition) is 5. The lowest BCUT2D eigenvalue weighted by Crippen LogP contribution is -2.41. The van der Waals surface area contributed by atoms with Gasteiger partial charge >= 0.3 is 0 Å². The van der Waals surface area contributed by atoms with Crippen molar-refractivity contribution in [3.05, 3.63) is 24.2 Å².